The predicted octanol–water partition coefficient (Wildman–Crippen LogP) is 5.09. The number of rotatable bonds is 4. The molecule has 27 heavy (non-hydrogen) atoms. The monoisotopic (exact) mass is 397 g/mol. The number of nitriles is 1. The van der Waals surface area contributed by atoms with E-state index >= 15 is 0 Å². The Morgan fingerprint density at radius 1 is 1.37 bits per heavy atom. The average Bonchev–Trinajstić information content (AvgIpc) is 2.87. The van der Waals surface area contributed by atoms with Crippen LogP contribution in [0.15, 0.2) is 35.2 Å². The molecule has 142 valence electrons. The molecular formula is C19H15F4NO2S. The van der Waals surface area contributed by atoms with Crippen molar-refractivity contribution in [3.63, 3.8) is 0 Å². The summed E-state index contributed by atoms with van der Waals surface area (Å²) < 4.78 is 60.8. The lowest BCUT2D eigenvalue weighted by Gasteiger charge is -2.18. The summed E-state index contributed by atoms with van der Waals surface area (Å²) in [5.74, 6) is -4.15. The van der Waals surface area contributed by atoms with Crippen LogP contribution in [0.3, 0.4) is 0 Å². The fourth-order valence-corrected chi connectivity index (χ4v) is 4.29. The molecule has 0 bridgehead atoms. The number of hydrogen-bond acceptors (Lipinski definition) is 3. The van der Waals surface area contributed by atoms with Gasteiger partial charge in [0.15, 0.2) is 0 Å². The summed E-state index contributed by atoms with van der Waals surface area (Å²) in [5, 5.41) is 20.6. The summed E-state index contributed by atoms with van der Waals surface area (Å²) in [6.07, 6.45) is -2.85. The Morgan fingerprint density at radius 2 is 2.11 bits per heavy atom. The quantitative estimate of drug-likeness (QED) is 0.577. The van der Waals surface area contributed by atoms with Crippen LogP contribution >= 0.6 is 10.5 Å². The Morgan fingerprint density at radius 3 is 2.74 bits per heavy atom. The van der Waals surface area contributed by atoms with Crippen molar-refractivity contribution in [1.82, 2.24) is 0 Å². The zero-order valence-corrected chi connectivity index (χ0v) is 15.0. The van der Waals surface area contributed by atoms with E-state index in [0.29, 0.717) is 4.90 Å². The number of hydrogen-bond donors (Lipinski definition) is 1. The number of benzene rings is 2. The van der Waals surface area contributed by atoms with Gasteiger partial charge in [0.05, 0.1) is 11.6 Å². The van der Waals surface area contributed by atoms with Crippen molar-refractivity contribution < 1.29 is 27.4 Å². The fourth-order valence-electron chi connectivity index (χ4n) is 3.04. The molecule has 0 aromatic heterocycles. The molecular weight excluding hydrogens is 382 g/mol. The number of ether oxygens (including phenoxy) is 1. The van der Waals surface area contributed by atoms with Crippen molar-refractivity contribution in [1.29, 1.82) is 5.26 Å². The summed E-state index contributed by atoms with van der Waals surface area (Å²) in [7, 11) is -1.04. The first kappa shape index (κ1) is 19.4. The molecule has 0 amide bonds. The first-order chi connectivity index (χ1) is 12.8. The van der Waals surface area contributed by atoms with Crippen LogP contribution in [0.25, 0.3) is 0 Å². The van der Waals surface area contributed by atoms with E-state index in [1.807, 2.05) is 0 Å². The number of nitrogens with zero attached hydrogens (tertiary/aromatic N) is 1. The summed E-state index contributed by atoms with van der Waals surface area (Å²) in [4.78, 5) is 0.295. The van der Waals surface area contributed by atoms with Gasteiger partial charge in [0.2, 0.25) is 0 Å². The van der Waals surface area contributed by atoms with Gasteiger partial charge in [-0.3, -0.25) is 0 Å². The van der Waals surface area contributed by atoms with Gasteiger partial charge in [0.1, 0.15) is 29.4 Å². The first-order valence-corrected chi connectivity index (χ1v) is 9.41. The van der Waals surface area contributed by atoms with Crippen molar-refractivity contribution in [2.45, 2.75) is 30.3 Å². The third-order valence-electron chi connectivity index (χ3n) is 4.27. The van der Waals surface area contributed by atoms with Crippen LogP contribution in [0.5, 0.6) is 11.5 Å². The van der Waals surface area contributed by atoms with Crippen LogP contribution < -0.4 is 4.74 Å². The normalized spacial score (nSPS) is 18.8. The smallest absolute Gasteiger partial charge is 0.281 e. The maximum absolute atomic E-state index is 14.2. The van der Waals surface area contributed by atoms with E-state index in [1.165, 1.54) is 18.2 Å². The highest BCUT2D eigenvalue weighted by Crippen LogP contribution is 2.51. The zero-order chi connectivity index (χ0) is 19.8. The van der Waals surface area contributed by atoms with Gasteiger partial charge in [-0.25, -0.2) is 17.6 Å². The molecule has 0 saturated carbocycles. The zero-order valence-electron chi connectivity index (χ0n) is 14.2. The Bertz CT molecular complexity index is 969. The number of aliphatic hydroxyl groups excluding tert-OH is 1. The molecule has 3 rings (SSSR count). The molecule has 1 aliphatic rings. The molecule has 1 aliphatic carbocycles. The minimum atomic E-state index is -3.42. The Kier molecular flexibility index (Phi) is 5.27. The van der Waals surface area contributed by atoms with Crippen LogP contribution in [-0.2, 0) is 6.42 Å². The van der Waals surface area contributed by atoms with Gasteiger partial charge in [0.25, 0.3) is 5.92 Å². The maximum Gasteiger partial charge on any atom is 0.281 e. The van der Waals surface area contributed by atoms with E-state index in [9.17, 15) is 22.7 Å². The third-order valence-corrected chi connectivity index (χ3v) is 6.00. The van der Waals surface area contributed by atoms with Gasteiger partial charge in [-0.2, -0.15) is 5.26 Å². The summed E-state index contributed by atoms with van der Waals surface area (Å²) in [6, 6.07) is 7.17. The second kappa shape index (κ2) is 7.33. The predicted molar refractivity (Wildman–Crippen MR) is 94.8 cm³/mol. The highest BCUT2D eigenvalue weighted by Gasteiger charge is 2.49. The Balaban J connectivity index is 2.12. The molecule has 0 fully saturated rings. The first-order valence-electron chi connectivity index (χ1n) is 7.96. The van der Waals surface area contributed by atoms with Crippen LogP contribution in [-0.4, -0.2) is 22.4 Å². The lowest BCUT2D eigenvalue weighted by Crippen LogP contribution is -2.21. The minimum Gasteiger partial charge on any atom is -0.457 e. The Hall–Kier alpha value is -2.37. The van der Waals surface area contributed by atoms with Gasteiger partial charge in [-0.1, -0.05) is 5.37 Å². The molecule has 0 heterocycles. The molecule has 0 aliphatic heterocycles. The molecule has 2 aromatic carbocycles. The molecule has 1 unspecified atom stereocenters. The number of alkyl halides is 3. The summed E-state index contributed by atoms with van der Waals surface area (Å²) in [5.41, 5.74) is 0.0252. The van der Waals surface area contributed by atoms with Gasteiger partial charge >= 0.3 is 0 Å². The highest BCUT2D eigenvalue weighted by molar-refractivity contribution is 8.14. The molecule has 2 atom stereocenters. The van der Waals surface area contributed by atoms with Gasteiger partial charge in [-0.15, -0.1) is 10.5 Å². The van der Waals surface area contributed by atoms with Gasteiger partial charge in [0, 0.05) is 28.5 Å². The second-order valence-electron chi connectivity index (χ2n) is 5.96. The molecule has 0 radical (unpaired) electrons. The largest absolute Gasteiger partial charge is 0.457 e. The van der Waals surface area contributed by atoms with Gasteiger partial charge in [-0.05, 0) is 31.2 Å². The van der Waals surface area contributed by atoms with Crippen LogP contribution in [0.2, 0.25) is 0 Å². The Labute approximate surface area is 155 Å². The van der Waals surface area contributed by atoms with Crippen molar-refractivity contribution in [3.05, 3.63) is 52.8 Å². The lowest BCUT2D eigenvalue weighted by molar-refractivity contribution is -0.0976. The van der Waals surface area contributed by atoms with Crippen molar-refractivity contribution >= 4 is 15.9 Å². The van der Waals surface area contributed by atoms with Crippen LogP contribution in [0.1, 0.15) is 29.7 Å². The van der Waals surface area contributed by atoms with E-state index < -0.39 is 40.8 Å². The van der Waals surface area contributed by atoms with E-state index in [4.69, 9.17) is 10.00 Å². The number of fused-ring (bicyclic) bond motifs is 1. The lowest BCUT2D eigenvalue weighted by atomic mass is 10.1. The average molecular weight is 397 g/mol. The third kappa shape index (κ3) is 3.57. The second-order valence-corrected chi connectivity index (χ2v) is 7.94. The maximum atomic E-state index is 14.2. The number of halogens is 4. The standard InChI is InChI=1S/C19H15F4NO2S/c1-2-27(10-20)16-4-3-15(14-8-19(22,23)18(25)17(14)16)26-13-6-11(9-24)5-12(21)7-13/h2-7,18,25H,8,10H2,1H3/t18-,27?/m0/s1. The van der Waals surface area contributed by atoms with E-state index in [-0.39, 0.29) is 28.2 Å². The van der Waals surface area contributed by atoms with Crippen LogP contribution in [0.4, 0.5) is 17.6 Å². The van der Waals surface area contributed by atoms with Crippen molar-refractivity contribution in [2.24, 2.45) is 0 Å². The SMILES string of the molecule is C/C=S(\CF)c1ccc(Oc2cc(F)cc(C#N)c2)c2c1[C@H](O)C(F)(F)C2. The number of aliphatic hydroxyl groups is 1. The fraction of sp³-hybridized carbons (Fsp3) is 0.263. The molecule has 3 nitrogen and oxygen atoms in total. The van der Waals surface area contributed by atoms with E-state index in [1.54, 1.807) is 18.4 Å². The molecule has 0 saturated heterocycles. The van der Waals surface area contributed by atoms with Crippen molar-refractivity contribution in [2.75, 3.05) is 6.01 Å². The molecule has 1 N–H and O–H groups in total. The summed E-state index contributed by atoms with van der Waals surface area (Å²) >= 11 is 0. The van der Waals surface area contributed by atoms with Gasteiger partial charge < -0.3 is 9.84 Å². The topological polar surface area (TPSA) is 53.2 Å². The molecule has 0 spiro atoms. The minimum absolute atomic E-state index is 0.0120. The van der Waals surface area contributed by atoms with Crippen molar-refractivity contribution in [3.8, 4) is 17.6 Å². The molecule has 8 heteroatoms. The van der Waals surface area contributed by atoms with E-state index in [0.717, 1.165) is 12.1 Å². The molecule has 2 aromatic rings. The highest BCUT2D eigenvalue weighted by atomic mass is 32.2. The van der Waals surface area contributed by atoms with E-state index in [2.05, 4.69) is 0 Å². The van der Waals surface area contributed by atoms with Crippen LogP contribution in [0, 0.1) is 17.1 Å². The summed E-state index contributed by atoms with van der Waals surface area (Å²) in [6.45, 7) is 1.62.